The van der Waals surface area contributed by atoms with E-state index in [4.69, 9.17) is 0 Å². The summed E-state index contributed by atoms with van der Waals surface area (Å²) in [5.41, 5.74) is 5.18. The van der Waals surface area contributed by atoms with Gasteiger partial charge in [0.1, 0.15) is 0 Å². The molecule has 0 bridgehead atoms. The Morgan fingerprint density at radius 3 is 1.30 bits per heavy atom. The van der Waals surface area contributed by atoms with Gasteiger partial charge in [0.15, 0.2) is 10.9 Å². The van der Waals surface area contributed by atoms with Gasteiger partial charge in [0, 0.05) is 35.4 Å². The van der Waals surface area contributed by atoms with E-state index >= 15 is 0 Å². The van der Waals surface area contributed by atoms with Gasteiger partial charge in [-0.05, 0) is 59.4 Å². The van der Waals surface area contributed by atoms with Crippen LogP contribution in [0.5, 0.6) is 0 Å². The van der Waals surface area contributed by atoms with Crippen molar-refractivity contribution in [3.63, 3.8) is 0 Å². The van der Waals surface area contributed by atoms with Crippen LogP contribution in [-0.2, 0) is 0 Å². The second-order valence-electron chi connectivity index (χ2n) is 8.77. The summed E-state index contributed by atoms with van der Waals surface area (Å²) in [7, 11) is 0. The topological polar surface area (TPSA) is 65.7 Å². The summed E-state index contributed by atoms with van der Waals surface area (Å²) in [6.07, 6.45) is 0. The summed E-state index contributed by atoms with van der Waals surface area (Å²) in [5, 5.41) is 2.53. The largest absolute Gasteiger partial charge is 0.354 e. The van der Waals surface area contributed by atoms with E-state index in [1.54, 1.807) is 0 Å². The Morgan fingerprint density at radius 2 is 0.933 bits per heavy atom. The van der Waals surface area contributed by atoms with E-state index in [0.29, 0.717) is 44.4 Å². The molecule has 0 aliphatic rings. The zero-order chi connectivity index (χ0) is 21.2. The van der Waals surface area contributed by atoms with Gasteiger partial charge in [-0.2, -0.15) is 0 Å². The van der Waals surface area contributed by atoms with E-state index in [1.807, 2.05) is 48.5 Å². The Bertz CT molecular complexity index is 1480. The molecule has 0 saturated heterocycles. The zero-order valence-corrected chi connectivity index (χ0v) is 17.6. The smallest absolute Gasteiger partial charge is 0.197 e. The van der Waals surface area contributed by atoms with Crippen LogP contribution >= 0.6 is 0 Å². The molecule has 0 unspecified atom stereocenters. The molecule has 2 aromatic heterocycles. The van der Waals surface area contributed by atoms with Gasteiger partial charge in [0.25, 0.3) is 0 Å². The lowest BCUT2D eigenvalue weighted by atomic mass is 9.98. The van der Waals surface area contributed by atoms with Crippen molar-refractivity contribution in [1.82, 2.24) is 9.97 Å². The first-order valence-electron chi connectivity index (χ1n) is 10.4. The molecule has 30 heavy (non-hydrogen) atoms. The molecular formula is C26H28N2O2. The molecule has 2 N–H and O–H groups in total. The third-order valence-corrected chi connectivity index (χ3v) is 6.10. The first kappa shape index (κ1) is 18.6. The molecule has 0 aliphatic heterocycles. The normalized spacial score (nSPS) is 12.2. The third-order valence-electron chi connectivity index (χ3n) is 6.10. The zero-order valence-electron chi connectivity index (χ0n) is 17.6. The standard InChI is InChI=1S/C26H24N2O2.2H2/c1-13(2)15-5-7-21-17(9-15)25(29)19-11-24-20(12-23(19)27-21)26(30)18-10-16(14(3)4)6-8-22(18)28-24;;/h5-14H,1-4H3,(H,27,29)(H,28,30);2*1H. The number of aromatic nitrogens is 2. The fraction of sp³-hybridized carbons (Fsp3) is 0.231. The van der Waals surface area contributed by atoms with E-state index in [1.165, 1.54) is 0 Å². The molecule has 0 aliphatic carbocycles. The van der Waals surface area contributed by atoms with E-state index < -0.39 is 0 Å². The molecule has 3 aromatic carbocycles. The predicted octanol–water partition coefficient (Wildman–Crippen LogP) is 6.41. The van der Waals surface area contributed by atoms with Crippen molar-refractivity contribution in [2.75, 3.05) is 0 Å². The highest BCUT2D eigenvalue weighted by Gasteiger charge is 2.13. The van der Waals surface area contributed by atoms with Crippen molar-refractivity contribution in [3.05, 3.63) is 80.1 Å². The molecule has 0 saturated carbocycles. The number of fused-ring (bicyclic) bond motifs is 4. The number of benzene rings is 3. The van der Waals surface area contributed by atoms with E-state index in [-0.39, 0.29) is 13.7 Å². The maximum Gasteiger partial charge on any atom is 0.197 e. The molecule has 2 heterocycles. The van der Waals surface area contributed by atoms with Crippen LogP contribution in [0.25, 0.3) is 43.6 Å². The van der Waals surface area contributed by atoms with Crippen LogP contribution in [0.2, 0.25) is 0 Å². The summed E-state index contributed by atoms with van der Waals surface area (Å²) < 4.78 is 0. The molecule has 5 rings (SSSR count). The summed E-state index contributed by atoms with van der Waals surface area (Å²) in [4.78, 5) is 33.2. The Kier molecular flexibility index (Phi) is 4.07. The van der Waals surface area contributed by atoms with Crippen molar-refractivity contribution in [2.45, 2.75) is 39.5 Å². The second-order valence-corrected chi connectivity index (χ2v) is 8.77. The molecule has 0 fully saturated rings. The maximum atomic E-state index is 13.3. The molecule has 0 spiro atoms. The number of nitrogens with one attached hydrogen (secondary N) is 2. The number of hydrogen-bond acceptors (Lipinski definition) is 2. The minimum absolute atomic E-state index is 0. The summed E-state index contributed by atoms with van der Waals surface area (Å²) in [5.74, 6) is 0.694. The average Bonchev–Trinajstić information content (AvgIpc) is 2.73. The molecule has 4 nitrogen and oxygen atoms in total. The fourth-order valence-electron chi connectivity index (χ4n) is 4.20. The number of aromatic amines is 2. The van der Waals surface area contributed by atoms with Crippen LogP contribution in [0.4, 0.5) is 0 Å². The molecule has 4 heteroatoms. The van der Waals surface area contributed by atoms with Crippen LogP contribution in [0, 0.1) is 0 Å². The van der Waals surface area contributed by atoms with Crippen LogP contribution < -0.4 is 10.9 Å². The molecular weight excluding hydrogens is 372 g/mol. The summed E-state index contributed by atoms with van der Waals surface area (Å²) >= 11 is 0. The first-order chi connectivity index (χ1) is 14.3. The lowest BCUT2D eigenvalue weighted by Gasteiger charge is -2.10. The summed E-state index contributed by atoms with van der Waals surface area (Å²) in [6.45, 7) is 8.46. The van der Waals surface area contributed by atoms with Crippen molar-refractivity contribution in [2.24, 2.45) is 0 Å². The van der Waals surface area contributed by atoms with E-state index in [9.17, 15) is 9.59 Å². The van der Waals surface area contributed by atoms with Gasteiger partial charge in [-0.3, -0.25) is 9.59 Å². The molecule has 0 amide bonds. The molecule has 0 radical (unpaired) electrons. The van der Waals surface area contributed by atoms with Crippen LogP contribution in [0.3, 0.4) is 0 Å². The highest BCUT2D eigenvalue weighted by atomic mass is 16.1. The second kappa shape index (κ2) is 6.56. The minimum atomic E-state index is -0.0146. The summed E-state index contributed by atoms with van der Waals surface area (Å²) in [6, 6.07) is 15.6. The van der Waals surface area contributed by atoms with Gasteiger partial charge in [-0.1, -0.05) is 39.8 Å². The Balaban J connectivity index is 0.00000144. The van der Waals surface area contributed by atoms with Crippen molar-refractivity contribution in [1.29, 1.82) is 0 Å². The highest BCUT2D eigenvalue weighted by molar-refractivity contribution is 6.02. The van der Waals surface area contributed by atoms with Crippen LogP contribution in [0.15, 0.2) is 58.1 Å². The number of H-pyrrole nitrogens is 2. The van der Waals surface area contributed by atoms with E-state index in [2.05, 4.69) is 37.7 Å². The SMILES string of the molecule is CC(C)c1ccc2[nH]c3cc4c(=O)c5cc(C(C)C)ccc5[nH]c4cc3c(=O)c2c1.[HH].[HH]. The van der Waals surface area contributed by atoms with E-state index in [0.717, 1.165) is 22.2 Å². The van der Waals surface area contributed by atoms with Gasteiger partial charge < -0.3 is 9.97 Å². The third kappa shape index (κ3) is 2.75. The molecule has 0 atom stereocenters. The average molecular weight is 401 g/mol. The Hall–Kier alpha value is -3.40. The maximum absolute atomic E-state index is 13.3. The fourth-order valence-corrected chi connectivity index (χ4v) is 4.20. The Morgan fingerprint density at radius 1 is 0.567 bits per heavy atom. The van der Waals surface area contributed by atoms with Crippen molar-refractivity contribution >= 4 is 43.6 Å². The van der Waals surface area contributed by atoms with Crippen LogP contribution in [-0.4, -0.2) is 9.97 Å². The highest BCUT2D eigenvalue weighted by Crippen LogP contribution is 2.25. The van der Waals surface area contributed by atoms with Gasteiger partial charge in [-0.25, -0.2) is 0 Å². The lowest BCUT2D eigenvalue weighted by Crippen LogP contribution is -2.09. The molecule has 154 valence electrons. The van der Waals surface area contributed by atoms with Gasteiger partial charge in [0.2, 0.25) is 0 Å². The quantitative estimate of drug-likeness (QED) is 0.336. The van der Waals surface area contributed by atoms with Crippen LogP contribution in [0.1, 0.15) is 53.5 Å². The number of hydrogen-bond donors (Lipinski definition) is 2. The molecule has 5 aromatic rings. The minimum Gasteiger partial charge on any atom is -0.354 e. The number of rotatable bonds is 2. The Labute approximate surface area is 176 Å². The number of pyridine rings is 2. The van der Waals surface area contributed by atoms with Crippen molar-refractivity contribution < 1.29 is 2.85 Å². The lowest BCUT2D eigenvalue weighted by molar-refractivity contribution is 0.868. The van der Waals surface area contributed by atoms with Crippen molar-refractivity contribution in [3.8, 4) is 0 Å². The van der Waals surface area contributed by atoms with Gasteiger partial charge >= 0.3 is 0 Å². The monoisotopic (exact) mass is 400 g/mol. The first-order valence-corrected chi connectivity index (χ1v) is 10.4. The predicted molar refractivity (Wildman–Crippen MR) is 130 cm³/mol. The van der Waals surface area contributed by atoms with Gasteiger partial charge in [-0.15, -0.1) is 0 Å². The van der Waals surface area contributed by atoms with Gasteiger partial charge in [0.05, 0.1) is 11.0 Å².